The number of halogens is 2. The summed E-state index contributed by atoms with van der Waals surface area (Å²) in [7, 11) is 1.79. The van der Waals surface area contributed by atoms with Crippen molar-refractivity contribution in [2.75, 3.05) is 20.1 Å². The van der Waals surface area contributed by atoms with E-state index in [2.05, 4.69) is 4.98 Å². The number of amides is 1. The molecule has 0 spiro atoms. The van der Waals surface area contributed by atoms with Crippen LogP contribution in [-0.4, -0.2) is 35.9 Å². The Hall–Kier alpha value is -1.56. The molecule has 1 amide bonds. The third kappa shape index (κ3) is 5.46. The summed E-state index contributed by atoms with van der Waals surface area (Å²) in [6.07, 6.45) is 2.36. The molecule has 0 atom stereocenters. The Labute approximate surface area is 158 Å². The molecule has 25 heavy (non-hydrogen) atoms. The van der Waals surface area contributed by atoms with Gasteiger partial charge in [0.25, 0.3) is 0 Å². The lowest BCUT2D eigenvalue weighted by Gasteiger charge is -2.29. The van der Waals surface area contributed by atoms with Gasteiger partial charge in [-0.1, -0.05) is 37.0 Å². The fourth-order valence-electron chi connectivity index (χ4n) is 2.44. The second-order valence-corrected chi connectivity index (χ2v) is 7.70. The largest absolute Gasteiger partial charge is 0.441 e. The maximum Gasteiger partial charge on any atom is 0.222 e. The van der Waals surface area contributed by atoms with Crippen molar-refractivity contribution in [1.29, 1.82) is 0 Å². The van der Waals surface area contributed by atoms with Crippen LogP contribution in [0.15, 0.2) is 28.8 Å². The van der Waals surface area contributed by atoms with Crippen LogP contribution in [0.4, 0.5) is 0 Å². The van der Waals surface area contributed by atoms with Gasteiger partial charge in [-0.3, -0.25) is 4.79 Å². The van der Waals surface area contributed by atoms with E-state index >= 15 is 0 Å². The molecule has 2 rings (SSSR count). The molecule has 2 N–H and O–H groups in total. The van der Waals surface area contributed by atoms with Crippen molar-refractivity contribution in [3.8, 4) is 11.3 Å². The predicted octanol–water partition coefficient (Wildman–Crippen LogP) is 4.02. The van der Waals surface area contributed by atoms with Crippen LogP contribution in [0, 0.1) is 5.41 Å². The number of nitrogens with two attached hydrogens (primary N) is 1. The lowest BCUT2D eigenvalue weighted by Crippen LogP contribution is -2.39. The van der Waals surface area contributed by atoms with Crippen molar-refractivity contribution in [3.05, 3.63) is 40.3 Å². The summed E-state index contributed by atoms with van der Waals surface area (Å²) >= 11 is 12.1. The first-order chi connectivity index (χ1) is 11.7. The monoisotopic (exact) mass is 383 g/mol. The minimum Gasteiger partial charge on any atom is -0.441 e. The summed E-state index contributed by atoms with van der Waals surface area (Å²) in [5.41, 5.74) is 6.33. The Kier molecular flexibility index (Phi) is 6.49. The second-order valence-electron chi connectivity index (χ2n) is 6.86. The van der Waals surface area contributed by atoms with Crippen molar-refractivity contribution in [1.82, 2.24) is 9.88 Å². The summed E-state index contributed by atoms with van der Waals surface area (Å²) < 4.78 is 5.71. The van der Waals surface area contributed by atoms with Gasteiger partial charge in [-0.05, 0) is 30.2 Å². The first-order valence-corrected chi connectivity index (χ1v) is 8.81. The molecule has 0 fully saturated rings. The Morgan fingerprint density at radius 3 is 2.72 bits per heavy atom. The molecule has 0 saturated heterocycles. The van der Waals surface area contributed by atoms with Gasteiger partial charge in [-0.2, -0.15) is 0 Å². The van der Waals surface area contributed by atoms with Crippen molar-refractivity contribution in [2.45, 2.75) is 26.7 Å². The molecule has 5 nitrogen and oxygen atoms in total. The number of rotatable bonds is 7. The van der Waals surface area contributed by atoms with Gasteiger partial charge in [0.2, 0.25) is 5.91 Å². The van der Waals surface area contributed by atoms with Crippen LogP contribution in [0.3, 0.4) is 0 Å². The quantitative estimate of drug-likeness (QED) is 0.783. The summed E-state index contributed by atoms with van der Waals surface area (Å²) in [4.78, 5) is 18.2. The number of oxazole rings is 1. The Morgan fingerprint density at radius 2 is 2.08 bits per heavy atom. The van der Waals surface area contributed by atoms with E-state index in [1.165, 1.54) is 0 Å². The molecule has 0 unspecified atom stereocenters. The van der Waals surface area contributed by atoms with E-state index in [0.717, 1.165) is 5.56 Å². The highest BCUT2D eigenvalue weighted by Gasteiger charge is 2.21. The van der Waals surface area contributed by atoms with Gasteiger partial charge in [0.1, 0.15) is 0 Å². The van der Waals surface area contributed by atoms with Crippen molar-refractivity contribution in [3.63, 3.8) is 0 Å². The molecule has 0 bridgehead atoms. The minimum absolute atomic E-state index is 0.0331. The summed E-state index contributed by atoms with van der Waals surface area (Å²) in [6, 6.07) is 5.17. The molecule has 2 aromatic rings. The topological polar surface area (TPSA) is 72.4 Å². The Morgan fingerprint density at radius 1 is 1.36 bits per heavy atom. The van der Waals surface area contributed by atoms with E-state index in [0.29, 0.717) is 47.6 Å². The standard InChI is InChI=1S/C18H23Cl2N3O2/c1-18(2,10-21)11-23(3)17(24)7-6-16-22-9-15(25-16)13-5-4-12(19)8-14(13)20/h4-5,8-9H,6-7,10-11,21H2,1-3H3. The maximum absolute atomic E-state index is 12.3. The van der Waals surface area contributed by atoms with Crippen LogP contribution in [0.1, 0.15) is 26.2 Å². The van der Waals surface area contributed by atoms with E-state index in [9.17, 15) is 4.79 Å². The van der Waals surface area contributed by atoms with E-state index in [-0.39, 0.29) is 11.3 Å². The molecular formula is C18H23Cl2N3O2. The zero-order chi connectivity index (χ0) is 18.6. The molecule has 0 aliphatic rings. The van der Waals surface area contributed by atoms with Crippen LogP contribution in [-0.2, 0) is 11.2 Å². The summed E-state index contributed by atoms with van der Waals surface area (Å²) in [6.45, 7) is 5.20. The number of hydrogen-bond donors (Lipinski definition) is 1. The molecule has 1 heterocycles. The molecule has 1 aromatic carbocycles. The molecule has 1 aromatic heterocycles. The van der Waals surface area contributed by atoms with Gasteiger partial charge in [-0.25, -0.2) is 4.98 Å². The molecule has 0 saturated carbocycles. The SMILES string of the molecule is CN(CC(C)(C)CN)C(=O)CCc1ncc(-c2ccc(Cl)cc2Cl)o1. The first-order valence-electron chi connectivity index (χ1n) is 8.06. The van der Waals surface area contributed by atoms with Crippen LogP contribution in [0.25, 0.3) is 11.3 Å². The van der Waals surface area contributed by atoms with Gasteiger partial charge in [0, 0.05) is 37.0 Å². The molecule has 0 aliphatic heterocycles. The number of hydrogen-bond acceptors (Lipinski definition) is 4. The van der Waals surface area contributed by atoms with Crippen LogP contribution in [0.2, 0.25) is 10.0 Å². The van der Waals surface area contributed by atoms with Gasteiger partial charge in [-0.15, -0.1) is 0 Å². The third-order valence-electron chi connectivity index (χ3n) is 3.95. The normalized spacial score (nSPS) is 11.6. The van der Waals surface area contributed by atoms with E-state index in [4.69, 9.17) is 33.4 Å². The number of benzene rings is 1. The average Bonchev–Trinajstić information content (AvgIpc) is 3.00. The van der Waals surface area contributed by atoms with E-state index in [1.807, 2.05) is 13.8 Å². The highest BCUT2D eigenvalue weighted by molar-refractivity contribution is 6.36. The number of carbonyl (C=O) groups excluding carboxylic acids is 1. The zero-order valence-electron chi connectivity index (χ0n) is 14.7. The maximum atomic E-state index is 12.3. The van der Waals surface area contributed by atoms with Crippen molar-refractivity contribution in [2.24, 2.45) is 11.1 Å². The van der Waals surface area contributed by atoms with Crippen molar-refractivity contribution < 1.29 is 9.21 Å². The van der Waals surface area contributed by atoms with E-state index < -0.39 is 0 Å². The predicted molar refractivity (Wildman–Crippen MR) is 101 cm³/mol. The molecule has 7 heteroatoms. The number of carbonyl (C=O) groups is 1. The number of aryl methyl sites for hydroxylation is 1. The highest BCUT2D eigenvalue weighted by Crippen LogP contribution is 2.30. The van der Waals surface area contributed by atoms with Crippen LogP contribution < -0.4 is 5.73 Å². The van der Waals surface area contributed by atoms with Gasteiger partial charge in [0.15, 0.2) is 11.7 Å². The zero-order valence-corrected chi connectivity index (χ0v) is 16.2. The van der Waals surface area contributed by atoms with Gasteiger partial charge in [0.05, 0.1) is 11.2 Å². The third-order valence-corrected chi connectivity index (χ3v) is 4.49. The number of aromatic nitrogens is 1. The van der Waals surface area contributed by atoms with Crippen LogP contribution >= 0.6 is 23.2 Å². The summed E-state index contributed by atoms with van der Waals surface area (Å²) in [5, 5.41) is 1.05. The molecule has 136 valence electrons. The Balaban J connectivity index is 1.96. The average molecular weight is 384 g/mol. The fraction of sp³-hybridized carbons (Fsp3) is 0.444. The smallest absolute Gasteiger partial charge is 0.222 e. The first kappa shape index (κ1) is 19.8. The van der Waals surface area contributed by atoms with Gasteiger partial charge >= 0.3 is 0 Å². The number of nitrogens with zero attached hydrogens (tertiary/aromatic N) is 2. The summed E-state index contributed by atoms with van der Waals surface area (Å²) in [5.74, 6) is 1.09. The highest BCUT2D eigenvalue weighted by atomic mass is 35.5. The molecule has 0 radical (unpaired) electrons. The Bertz CT molecular complexity index is 744. The van der Waals surface area contributed by atoms with Gasteiger partial charge < -0.3 is 15.1 Å². The fourth-order valence-corrected chi connectivity index (χ4v) is 2.94. The minimum atomic E-state index is -0.105. The lowest BCUT2D eigenvalue weighted by molar-refractivity contribution is -0.131. The molecular weight excluding hydrogens is 361 g/mol. The van der Waals surface area contributed by atoms with Crippen LogP contribution in [0.5, 0.6) is 0 Å². The second kappa shape index (κ2) is 8.21. The van der Waals surface area contributed by atoms with Crippen molar-refractivity contribution >= 4 is 29.1 Å². The lowest BCUT2D eigenvalue weighted by atomic mass is 9.93. The molecule has 0 aliphatic carbocycles. The van der Waals surface area contributed by atoms with E-state index in [1.54, 1.807) is 36.3 Å².